The molecule has 0 aliphatic carbocycles. The van der Waals surface area contributed by atoms with Crippen LogP contribution in [-0.4, -0.2) is 71.2 Å². The van der Waals surface area contributed by atoms with Crippen LogP contribution < -0.4 is 5.56 Å². The number of carbonyl (C=O) groups is 2. The Labute approximate surface area is 250 Å². The number of nitrogens with zero attached hydrogens (tertiary/aromatic N) is 3. The fourth-order valence-corrected chi connectivity index (χ4v) is 7.09. The average Bonchev–Trinajstić information content (AvgIpc) is 2.99. The van der Waals surface area contributed by atoms with Crippen LogP contribution in [0.1, 0.15) is 35.5 Å². The normalized spacial score (nSPS) is 14.3. The maximum Gasteiger partial charge on any atom is 0.272 e. The molecule has 218 valence electrons. The zero-order valence-corrected chi connectivity index (χ0v) is 25.3. The molecule has 0 saturated carbocycles. The molecule has 0 unspecified atom stereocenters. The van der Waals surface area contributed by atoms with Crippen LogP contribution in [0.3, 0.4) is 0 Å². The summed E-state index contributed by atoms with van der Waals surface area (Å²) >= 11 is 3.27. The Kier molecular flexibility index (Phi) is 8.04. The van der Waals surface area contributed by atoms with Crippen molar-refractivity contribution in [3.63, 3.8) is 0 Å². The molecule has 0 atom stereocenters. The number of piperazine rings is 1. The molecule has 1 saturated heterocycles. The summed E-state index contributed by atoms with van der Waals surface area (Å²) in [6.07, 6.45) is 0.266. The number of fused-ring (bicyclic) bond motifs is 1. The van der Waals surface area contributed by atoms with Gasteiger partial charge in [-0.15, -0.1) is 0 Å². The van der Waals surface area contributed by atoms with Crippen molar-refractivity contribution in [3.05, 3.63) is 104 Å². The van der Waals surface area contributed by atoms with E-state index in [-0.39, 0.29) is 48.6 Å². The summed E-state index contributed by atoms with van der Waals surface area (Å²) < 4.78 is 40.4. The third-order valence-electron chi connectivity index (χ3n) is 7.56. The van der Waals surface area contributed by atoms with Gasteiger partial charge in [0.2, 0.25) is 5.91 Å². The average molecular weight is 656 g/mol. The fraction of sp³-hybridized carbons (Fsp3) is 0.267. The number of carbonyl (C=O) groups excluding carboxylic acids is 2. The minimum atomic E-state index is -4.01. The Morgan fingerprint density at radius 2 is 1.62 bits per heavy atom. The standard InChI is InChI=1S/C30H28BrFN4O5S/c1-30(2,42(40,41)21-7-5-6-20(31)18-21)29(39)36-14-12-35(13-15-36)28(38)24-16-19(10-11-25(24)32)17-26-22-8-3-4-9-23(22)27(37)34-33-26/h3-11,16,18H,12-15,17H2,1-2H3,(H,34,37). The lowest BCUT2D eigenvalue weighted by Gasteiger charge is -2.38. The first-order valence-corrected chi connectivity index (χ1v) is 15.5. The van der Waals surface area contributed by atoms with E-state index in [0.29, 0.717) is 26.5 Å². The number of amides is 2. The summed E-state index contributed by atoms with van der Waals surface area (Å²) in [5, 5.41) is 7.80. The van der Waals surface area contributed by atoms with Crippen LogP contribution in [0.5, 0.6) is 0 Å². The summed E-state index contributed by atoms with van der Waals surface area (Å²) in [6, 6.07) is 17.5. The highest BCUT2D eigenvalue weighted by Gasteiger charge is 2.45. The van der Waals surface area contributed by atoms with E-state index in [1.165, 1.54) is 47.9 Å². The summed E-state index contributed by atoms with van der Waals surface area (Å²) in [6.45, 7) is 3.21. The van der Waals surface area contributed by atoms with Crippen LogP contribution in [0.15, 0.2) is 80.9 Å². The largest absolute Gasteiger partial charge is 0.338 e. The molecule has 9 nitrogen and oxygen atoms in total. The number of H-pyrrole nitrogens is 1. The lowest BCUT2D eigenvalue weighted by molar-refractivity contribution is -0.134. The van der Waals surface area contributed by atoms with Gasteiger partial charge in [-0.05, 0) is 55.8 Å². The van der Waals surface area contributed by atoms with Gasteiger partial charge in [0, 0.05) is 42.5 Å². The molecule has 1 aliphatic rings. The highest BCUT2D eigenvalue weighted by Crippen LogP contribution is 2.30. The Hall–Kier alpha value is -3.90. The molecular weight excluding hydrogens is 627 g/mol. The van der Waals surface area contributed by atoms with Gasteiger partial charge in [0.25, 0.3) is 11.5 Å². The van der Waals surface area contributed by atoms with E-state index in [1.54, 1.807) is 42.5 Å². The molecule has 2 amide bonds. The summed E-state index contributed by atoms with van der Waals surface area (Å²) in [4.78, 5) is 41.8. The van der Waals surface area contributed by atoms with E-state index in [4.69, 9.17) is 0 Å². The minimum Gasteiger partial charge on any atom is -0.338 e. The van der Waals surface area contributed by atoms with E-state index >= 15 is 0 Å². The second-order valence-corrected chi connectivity index (χ2v) is 14.0. The third-order valence-corrected chi connectivity index (χ3v) is 10.4. The van der Waals surface area contributed by atoms with Crippen molar-refractivity contribution < 1.29 is 22.4 Å². The first-order chi connectivity index (χ1) is 19.9. The van der Waals surface area contributed by atoms with E-state index in [9.17, 15) is 27.2 Å². The van der Waals surface area contributed by atoms with Crippen LogP contribution >= 0.6 is 15.9 Å². The van der Waals surface area contributed by atoms with Gasteiger partial charge in [-0.25, -0.2) is 17.9 Å². The molecule has 1 aromatic heterocycles. The van der Waals surface area contributed by atoms with E-state index in [2.05, 4.69) is 26.1 Å². The lowest BCUT2D eigenvalue weighted by atomic mass is 10.0. The number of sulfone groups is 1. The van der Waals surface area contributed by atoms with Crippen LogP contribution in [-0.2, 0) is 21.1 Å². The van der Waals surface area contributed by atoms with Crippen molar-refractivity contribution in [2.75, 3.05) is 26.2 Å². The Balaban J connectivity index is 1.30. The van der Waals surface area contributed by atoms with Gasteiger partial charge in [-0.3, -0.25) is 14.4 Å². The quantitative estimate of drug-likeness (QED) is 0.336. The van der Waals surface area contributed by atoms with Gasteiger partial charge in [-0.2, -0.15) is 5.10 Å². The van der Waals surface area contributed by atoms with Gasteiger partial charge in [0.1, 0.15) is 10.6 Å². The van der Waals surface area contributed by atoms with Crippen molar-refractivity contribution in [1.82, 2.24) is 20.0 Å². The minimum absolute atomic E-state index is 0.0319. The second-order valence-electron chi connectivity index (χ2n) is 10.6. The number of halogens is 2. The Morgan fingerprint density at radius 1 is 0.952 bits per heavy atom. The molecule has 0 spiro atoms. The molecule has 0 bridgehead atoms. The van der Waals surface area contributed by atoms with E-state index < -0.39 is 32.2 Å². The maximum atomic E-state index is 14.9. The van der Waals surface area contributed by atoms with Gasteiger partial charge >= 0.3 is 0 Å². The third kappa shape index (κ3) is 5.48. The molecule has 1 N–H and O–H groups in total. The summed E-state index contributed by atoms with van der Waals surface area (Å²) in [7, 11) is -4.01. The second kappa shape index (κ2) is 11.4. The Bertz CT molecular complexity index is 1870. The molecule has 4 aromatic rings. The number of benzene rings is 3. The number of nitrogens with one attached hydrogen (secondary N) is 1. The van der Waals surface area contributed by atoms with Crippen LogP contribution in [0, 0.1) is 5.82 Å². The lowest BCUT2D eigenvalue weighted by Crippen LogP contribution is -2.57. The van der Waals surface area contributed by atoms with Crippen LogP contribution in [0.25, 0.3) is 10.8 Å². The summed E-state index contributed by atoms with van der Waals surface area (Å²) in [5.41, 5.74) is 0.801. The van der Waals surface area contributed by atoms with Crippen molar-refractivity contribution >= 4 is 48.4 Å². The topological polar surface area (TPSA) is 121 Å². The highest BCUT2D eigenvalue weighted by molar-refractivity contribution is 9.10. The van der Waals surface area contributed by atoms with Crippen molar-refractivity contribution in [1.29, 1.82) is 0 Å². The molecular formula is C30H28BrFN4O5S. The van der Waals surface area contributed by atoms with Gasteiger partial charge in [0.15, 0.2) is 9.84 Å². The highest BCUT2D eigenvalue weighted by atomic mass is 79.9. The molecule has 42 heavy (non-hydrogen) atoms. The van der Waals surface area contributed by atoms with Gasteiger partial charge in [0.05, 0.1) is 21.5 Å². The van der Waals surface area contributed by atoms with Gasteiger partial charge < -0.3 is 9.80 Å². The van der Waals surface area contributed by atoms with Crippen LogP contribution in [0.4, 0.5) is 4.39 Å². The number of aromatic amines is 1. The molecule has 12 heteroatoms. The maximum absolute atomic E-state index is 14.9. The first kappa shape index (κ1) is 29.6. The first-order valence-electron chi connectivity index (χ1n) is 13.2. The predicted octanol–water partition coefficient (Wildman–Crippen LogP) is 3.95. The predicted molar refractivity (Wildman–Crippen MR) is 159 cm³/mol. The molecule has 1 aliphatic heterocycles. The fourth-order valence-electron chi connectivity index (χ4n) is 5.05. The SMILES string of the molecule is CC(C)(C(=O)N1CCN(C(=O)c2cc(Cc3n[nH]c(=O)c4ccccc34)ccc2F)CC1)S(=O)(=O)c1cccc(Br)c1. The number of rotatable bonds is 6. The van der Waals surface area contributed by atoms with Crippen LogP contribution in [0.2, 0.25) is 0 Å². The monoisotopic (exact) mass is 654 g/mol. The van der Waals surface area contributed by atoms with E-state index in [0.717, 1.165) is 0 Å². The number of hydrogen-bond donors (Lipinski definition) is 1. The zero-order valence-electron chi connectivity index (χ0n) is 22.9. The van der Waals surface area contributed by atoms with E-state index in [1.807, 2.05) is 0 Å². The molecule has 1 fully saturated rings. The van der Waals surface area contributed by atoms with Crippen molar-refractivity contribution in [2.45, 2.75) is 29.9 Å². The van der Waals surface area contributed by atoms with Gasteiger partial charge in [-0.1, -0.05) is 46.3 Å². The molecule has 5 rings (SSSR count). The van der Waals surface area contributed by atoms with Crippen molar-refractivity contribution in [2.24, 2.45) is 0 Å². The number of aromatic nitrogens is 2. The molecule has 3 aromatic carbocycles. The zero-order chi connectivity index (χ0) is 30.2. The summed E-state index contributed by atoms with van der Waals surface area (Å²) in [5.74, 6) is -1.77. The smallest absolute Gasteiger partial charge is 0.272 e. The number of hydrogen-bond acceptors (Lipinski definition) is 6. The molecule has 0 radical (unpaired) electrons. The Morgan fingerprint density at radius 3 is 2.31 bits per heavy atom. The molecule has 2 heterocycles. The van der Waals surface area contributed by atoms with Crippen molar-refractivity contribution in [3.8, 4) is 0 Å².